The average molecular weight is 330 g/mol. The van der Waals surface area contributed by atoms with Crippen LogP contribution in [-0.4, -0.2) is 39.0 Å². The molecule has 0 unspecified atom stereocenters. The molecule has 0 saturated carbocycles. The van der Waals surface area contributed by atoms with Crippen molar-refractivity contribution < 1.29 is 8.42 Å². The lowest BCUT2D eigenvalue weighted by Crippen LogP contribution is -2.07. The topological polar surface area (TPSA) is 89.2 Å². The van der Waals surface area contributed by atoms with E-state index in [9.17, 15) is 8.42 Å². The molecule has 1 aromatic carbocycles. The van der Waals surface area contributed by atoms with Crippen LogP contribution in [0.1, 0.15) is 0 Å². The minimum Gasteiger partial charge on any atom is -0.398 e. The lowest BCUT2D eigenvalue weighted by Gasteiger charge is -2.05. The zero-order valence-corrected chi connectivity index (χ0v) is 13.6. The largest absolute Gasteiger partial charge is 0.398 e. The van der Waals surface area contributed by atoms with Crippen molar-refractivity contribution in [2.45, 2.75) is 14.1 Å². The van der Waals surface area contributed by atoms with Crippen LogP contribution in [0.3, 0.4) is 0 Å². The summed E-state index contributed by atoms with van der Waals surface area (Å²) in [7, 11) is 0.543. The summed E-state index contributed by atoms with van der Waals surface area (Å²) in [5.41, 5.74) is 6.31. The Hall–Kier alpha value is -1.32. The van der Waals surface area contributed by atoms with Crippen LogP contribution in [0.4, 0.5) is 10.8 Å². The van der Waals surface area contributed by atoms with E-state index in [1.807, 2.05) is 19.0 Å². The Morgan fingerprint density at radius 3 is 2.50 bits per heavy atom. The lowest BCUT2D eigenvalue weighted by molar-refractivity contribution is 0.602. The smallest absolute Gasteiger partial charge is 0.208 e. The van der Waals surface area contributed by atoms with Crippen molar-refractivity contribution in [1.29, 1.82) is 0 Å². The Morgan fingerprint density at radius 1 is 1.30 bits per heavy atom. The van der Waals surface area contributed by atoms with Crippen molar-refractivity contribution in [2.24, 2.45) is 0 Å². The molecule has 2 rings (SSSR count). The molecule has 2 aromatic rings. The van der Waals surface area contributed by atoms with Gasteiger partial charge in [0.25, 0.3) is 0 Å². The maximum atomic E-state index is 11.4. The summed E-state index contributed by atoms with van der Waals surface area (Å²) in [6, 6.07) is 4.70. The second-order valence-corrected chi connectivity index (χ2v) is 8.58. The van der Waals surface area contributed by atoms with E-state index in [2.05, 4.69) is 10.2 Å². The fourth-order valence-electron chi connectivity index (χ4n) is 1.37. The monoisotopic (exact) mass is 330 g/mol. The van der Waals surface area contributed by atoms with E-state index < -0.39 is 9.84 Å². The molecule has 6 nitrogen and oxygen atoms in total. The van der Waals surface area contributed by atoms with Gasteiger partial charge in [-0.3, -0.25) is 0 Å². The van der Waals surface area contributed by atoms with Gasteiger partial charge in [-0.15, -0.1) is 10.2 Å². The molecule has 0 aliphatic heterocycles. The third-order valence-corrected chi connectivity index (χ3v) is 5.73. The van der Waals surface area contributed by atoms with Crippen molar-refractivity contribution >= 4 is 43.8 Å². The predicted octanol–water partition coefficient (Wildman–Crippen LogP) is 1.74. The molecule has 0 radical (unpaired) electrons. The average Bonchev–Trinajstić information content (AvgIpc) is 2.79. The quantitative estimate of drug-likeness (QED) is 0.854. The third-order valence-electron chi connectivity index (χ3n) is 2.39. The molecule has 108 valence electrons. The van der Waals surface area contributed by atoms with Crippen molar-refractivity contribution in [3.63, 3.8) is 0 Å². The van der Waals surface area contributed by atoms with Crippen molar-refractivity contribution in [3.8, 4) is 0 Å². The Labute approximate surface area is 125 Å². The lowest BCUT2D eigenvalue weighted by atomic mass is 10.3. The fourth-order valence-corrected chi connectivity index (χ4v) is 3.77. The van der Waals surface area contributed by atoms with Gasteiger partial charge in [0.2, 0.25) is 5.13 Å². The second kappa shape index (κ2) is 5.58. The molecule has 1 heterocycles. The van der Waals surface area contributed by atoms with E-state index in [1.54, 1.807) is 12.1 Å². The Bertz CT molecular complexity index is 725. The predicted molar refractivity (Wildman–Crippen MR) is 82.3 cm³/mol. The number of nitrogens with two attached hydrogens (primary N) is 1. The van der Waals surface area contributed by atoms with E-state index >= 15 is 0 Å². The molecule has 1 aromatic heterocycles. The van der Waals surface area contributed by atoms with Crippen LogP contribution >= 0.6 is 23.1 Å². The number of aromatic nitrogens is 2. The highest BCUT2D eigenvalue weighted by Crippen LogP contribution is 2.36. The highest BCUT2D eigenvalue weighted by atomic mass is 32.2. The van der Waals surface area contributed by atoms with E-state index in [4.69, 9.17) is 5.73 Å². The van der Waals surface area contributed by atoms with E-state index in [1.165, 1.54) is 29.2 Å². The number of sulfone groups is 1. The molecule has 0 aliphatic carbocycles. The standard InChI is InChI=1S/C11H14N4O2S3/c1-15(2)10-13-14-11(19-10)18-9-5-4-7(6-8(9)12)20(3,16)17/h4-6H,12H2,1-3H3. The fraction of sp³-hybridized carbons (Fsp3) is 0.273. The molecule has 2 N–H and O–H groups in total. The van der Waals surface area contributed by atoms with E-state index in [0.29, 0.717) is 5.69 Å². The van der Waals surface area contributed by atoms with Gasteiger partial charge in [-0.05, 0) is 18.2 Å². The maximum absolute atomic E-state index is 11.4. The van der Waals surface area contributed by atoms with Crippen LogP contribution in [0.2, 0.25) is 0 Å². The Morgan fingerprint density at radius 2 is 2.00 bits per heavy atom. The van der Waals surface area contributed by atoms with Crippen LogP contribution in [0.5, 0.6) is 0 Å². The second-order valence-electron chi connectivity index (χ2n) is 4.32. The number of nitrogens with zero attached hydrogens (tertiary/aromatic N) is 3. The third kappa shape index (κ3) is 3.41. The summed E-state index contributed by atoms with van der Waals surface area (Å²) in [6.45, 7) is 0. The Balaban J connectivity index is 2.25. The Kier molecular flexibility index (Phi) is 4.21. The molecule has 0 spiro atoms. The first-order valence-electron chi connectivity index (χ1n) is 5.55. The van der Waals surface area contributed by atoms with Crippen molar-refractivity contribution in [2.75, 3.05) is 31.0 Å². The first-order chi connectivity index (χ1) is 9.27. The van der Waals surface area contributed by atoms with Gasteiger partial charge in [-0.1, -0.05) is 23.1 Å². The summed E-state index contributed by atoms with van der Waals surface area (Å²) in [5.74, 6) is 0. The molecule has 0 amide bonds. The normalized spacial score (nSPS) is 11.6. The van der Waals surface area contributed by atoms with Crippen LogP contribution in [0, 0.1) is 0 Å². The van der Waals surface area contributed by atoms with Crippen molar-refractivity contribution in [1.82, 2.24) is 10.2 Å². The number of anilines is 2. The molecular formula is C11H14N4O2S3. The maximum Gasteiger partial charge on any atom is 0.208 e. The van der Waals surface area contributed by atoms with Gasteiger partial charge in [0.15, 0.2) is 14.2 Å². The summed E-state index contributed by atoms with van der Waals surface area (Å²) < 4.78 is 23.6. The van der Waals surface area contributed by atoms with Gasteiger partial charge in [-0.2, -0.15) is 0 Å². The zero-order chi connectivity index (χ0) is 14.9. The van der Waals surface area contributed by atoms with E-state index in [0.717, 1.165) is 20.6 Å². The van der Waals surface area contributed by atoms with Gasteiger partial charge in [0, 0.05) is 30.9 Å². The van der Waals surface area contributed by atoms with Gasteiger partial charge >= 0.3 is 0 Å². The first kappa shape index (κ1) is 15.1. The van der Waals surface area contributed by atoms with Gasteiger partial charge in [-0.25, -0.2) is 8.42 Å². The summed E-state index contributed by atoms with van der Waals surface area (Å²) in [6.07, 6.45) is 1.16. The van der Waals surface area contributed by atoms with Crippen LogP contribution in [0.25, 0.3) is 0 Å². The summed E-state index contributed by atoms with van der Waals surface area (Å²) >= 11 is 2.82. The minimum absolute atomic E-state index is 0.214. The molecule has 20 heavy (non-hydrogen) atoms. The molecule has 0 atom stereocenters. The number of hydrogen-bond acceptors (Lipinski definition) is 8. The summed E-state index contributed by atoms with van der Waals surface area (Å²) in [4.78, 5) is 2.85. The van der Waals surface area contributed by atoms with Gasteiger partial charge in [0.05, 0.1) is 4.90 Å². The first-order valence-corrected chi connectivity index (χ1v) is 9.08. The zero-order valence-electron chi connectivity index (χ0n) is 11.2. The molecular weight excluding hydrogens is 316 g/mol. The van der Waals surface area contributed by atoms with Crippen LogP contribution in [0.15, 0.2) is 32.3 Å². The summed E-state index contributed by atoms with van der Waals surface area (Å²) in [5, 5.41) is 8.90. The van der Waals surface area contributed by atoms with E-state index in [-0.39, 0.29) is 4.90 Å². The van der Waals surface area contributed by atoms with Gasteiger partial charge < -0.3 is 10.6 Å². The number of benzene rings is 1. The van der Waals surface area contributed by atoms with Crippen LogP contribution < -0.4 is 10.6 Å². The van der Waals surface area contributed by atoms with Crippen LogP contribution in [-0.2, 0) is 9.84 Å². The molecule has 0 bridgehead atoms. The van der Waals surface area contributed by atoms with Gasteiger partial charge in [0.1, 0.15) is 0 Å². The SMILES string of the molecule is CN(C)c1nnc(Sc2ccc(S(C)(=O)=O)cc2N)s1. The number of nitrogen functional groups attached to an aromatic ring is 1. The number of rotatable bonds is 4. The molecule has 0 aliphatic rings. The molecule has 0 saturated heterocycles. The molecule has 9 heteroatoms. The number of hydrogen-bond donors (Lipinski definition) is 1. The highest BCUT2D eigenvalue weighted by molar-refractivity contribution is 8.01. The minimum atomic E-state index is -3.24. The van der Waals surface area contributed by atoms with Crippen molar-refractivity contribution in [3.05, 3.63) is 18.2 Å². The highest BCUT2D eigenvalue weighted by Gasteiger charge is 2.12. The molecule has 0 fully saturated rings.